The quantitative estimate of drug-likeness (QED) is 0.528. The highest BCUT2D eigenvalue weighted by atomic mass is 32.2. The Hall–Kier alpha value is -1.74. The normalized spacial score (nSPS) is 20.2. The maximum Gasteiger partial charge on any atom is 0.211 e. The molecule has 0 radical (unpaired) electrons. The molecular formula is C27H38N2O4S2. The predicted molar refractivity (Wildman–Crippen MR) is 142 cm³/mol. The number of fused-ring (bicyclic) bond motifs is 1. The summed E-state index contributed by atoms with van der Waals surface area (Å²) in [5.74, 6) is 0.542. The molecular weight excluding hydrogens is 480 g/mol. The lowest BCUT2D eigenvalue weighted by molar-refractivity contribution is 0.129. The Morgan fingerprint density at radius 1 is 0.886 bits per heavy atom. The molecule has 2 aromatic carbocycles. The highest BCUT2D eigenvalue weighted by Crippen LogP contribution is 2.31. The van der Waals surface area contributed by atoms with Crippen LogP contribution in [0.4, 0.5) is 0 Å². The summed E-state index contributed by atoms with van der Waals surface area (Å²) in [6.07, 6.45) is 8.76. The van der Waals surface area contributed by atoms with Gasteiger partial charge in [0.15, 0.2) is 9.84 Å². The van der Waals surface area contributed by atoms with Crippen molar-refractivity contribution < 1.29 is 16.8 Å². The van der Waals surface area contributed by atoms with E-state index in [1.165, 1.54) is 23.6 Å². The number of hydrogen-bond acceptors (Lipinski definition) is 5. The average molecular weight is 519 g/mol. The summed E-state index contributed by atoms with van der Waals surface area (Å²) in [5, 5.41) is 0. The molecule has 0 N–H and O–H groups in total. The Morgan fingerprint density at radius 2 is 1.54 bits per heavy atom. The Bertz CT molecular complexity index is 1230. The van der Waals surface area contributed by atoms with Crippen LogP contribution in [0.2, 0.25) is 0 Å². The molecule has 35 heavy (non-hydrogen) atoms. The summed E-state index contributed by atoms with van der Waals surface area (Å²) in [4.78, 5) is 2.99. The van der Waals surface area contributed by atoms with E-state index in [9.17, 15) is 16.8 Å². The molecule has 0 bridgehead atoms. The van der Waals surface area contributed by atoms with Gasteiger partial charge in [0.1, 0.15) is 0 Å². The zero-order valence-electron chi connectivity index (χ0n) is 21.1. The van der Waals surface area contributed by atoms with Crippen molar-refractivity contribution in [3.8, 4) is 11.1 Å². The molecule has 0 amide bonds. The van der Waals surface area contributed by atoms with E-state index in [-0.39, 0.29) is 0 Å². The van der Waals surface area contributed by atoms with Crippen LogP contribution in [0.1, 0.15) is 43.7 Å². The Morgan fingerprint density at radius 3 is 2.14 bits per heavy atom. The third-order valence-corrected chi connectivity index (χ3v) is 10.0. The van der Waals surface area contributed by atoms with Gasteiger partial charge in [0.25, 0.3) is 0 Å². The molecule has 1 heterocycles. The molecule has 1 fully saturated rings. The molecule has 8 heteroatoms. The standard InChI is InChI=1S/C27H38N2O4S2/c1-4-15-28(20-21-13-16-29(17-14-21)35(3,32)33)26-10-7-23-5-6-24(18-25(23)19-26)22-8-11-27(12-9-22)34(2,30)31/h5-6,8-9,11-12,18,21,26H,4,7,10,13-17,19-20H2,1-3H3. The Labute approximate surface area is 211 Å². The van der Waals surface area contributed by atoms with Gasteiger partial charge in [0, 0.05) is 31.9 Å². The van der Waals surface area contributed by atoms with E-state index in [4.69, 9.17) is 0 Å². The highest BCUT2D eigenvalue weighted by molar-refractivity contribution is 7.90. The van der Waals surface area contributed by atoms with E-state index in [0.29, 0.717) is 29.9 Å². The van der Waals surface area contributed by atoms with Gasteiger partial charge in [-0.25, -0.2) is 21.1 Å². The number of sulfone groups is 1. The molecule has 2 aliphatic rings. The fraction of sp³-hybridized carbons (Fsp3) is 0.556. The molecule has 0 spiro atoms. The van der Waals surface area contributed by atoms with E-state index < -0.39 is 19.9 Å². The molecule has 1 aliphatic carbocycles. The minimum atomic E-state index is -3.20. The second-order valence-corrected chi connectivity index (χ2v) is 14.3. The number of benzene rings is 2. The largest absolute Gasteiger partial charge is 0.300 e. The molecule has 1 atom stereocenters. The van der Waals surface area contributed by atoms with Gasteiger partial charge in [-0.2, -0.15) is 0 Å². The van der Waals surface area contributed by atoms with Gasteiger partial charge in [0.2, 0.25) is 10.0 Å². The van der Waals surface area contributed by atoms with Gasteiger partial charge in [-0.05, 0) is 85.4 Å². The van der Waals surface area contributed by atoms with Gasteiger partial charge < -0.3 is 0 Å². The number of rotatable bonds is 8. The van der Waals surface area contributed by atoms with Crippen LogP contribution < -0.4 is 0 Å². The summed E-state index contributed by atoms with van der Waals surface area (Å²) in [5.41, 5.74) is 4.96. The van der Waals surface area contributed by atoms with Gasteiger partial charge in [-0.1, -0.05) is 37.3 Å². The van der Waals surface area contributed by atoms with Crippen LogP contribution in [-0.4, -0.2) is 70.8 Å². The zero-order chi connectivity index (χ0) is 25.2. The van der Waals surface area contributed by atoms with Crippen molar-refractivity contribution in [1.29, 1.82) is 0 Å². The molecule has 0 aromatic heterocycles. The van der Waals surface area contributed by atoms with Crippen molar-refractivity contribution in [1.82, 2.24) is 9.21 Å². The number of aryl methyl sites for hydroxylation is 1. The van der Waals surface area contributed by atoms with Crippen LogP contribution >= 0.6 is 0 Å². The predicted octanol–water partition coefficient (Wildman–Crippen LogP) is 4.00. The van der Waals surface area contributed by atoms with E-state index in [0.717, 1.165) is 62.7 Å². The third-order valence-electron chi connectivity index (χ3n) is 7.59. The first-order valence-electron chi connectivity index (χ1n) is 12.7. The second-order valence-electron chi connectivity index (χ2n) is 10.3. The van der Waals surface area contributed by atoms with E-state index in [1.54, 1.807) is 16.4 Å². The summed E-state index contributed by atoms with van der Waals surface area (Å²) >= 11 is 0. The molecule has 1 aliphatic heterocycles. The van der Waals surface area contributed by atoms with Gasteiger partial charge in [0.05, 0.1) is 11.2 Å². The average Bonchev–Trinajstić information content (AvgIpc) is 2.82. The molecule has 2 aromatic rings. The fourth-order valence-corrected chi connectivity index (χ4v) is 7.09. The lowest BCUT2D eigenvalue weighted by Crippen LogP contribution is -2.45. The number of sulfonamides is 1. The maximum atomic E-state index is 11.9. The lowest BCUT2D eigenvalue weighted by atomic mass is 9.85. The van der Waals surface area contributed by atoms with E-state index in [2.05, 4.69) is 30.0 Å². The Kier molecular flexibility index (Phi) is 8.05. The van der Waals surface area contributed by atoms with Crippen LogP contribution in [0.15, 0.2) is 47.4 Å². The van der Waals surface area contributed by atoms with Crippen molar-refractivity contribution in [2.45, 2.75) is 56.4 Å². The number of nitrogens with zero attached hydrogens (tertiary/aromatic N) is 2. The first-order valence-corrected chi connectivity index (χ1v) is 16.4. The molecule has 0 saturated carbocycles. The first-order chi connectivity index (χ1) is 16.5. The summed E-state index contributed by atoms with van der Waals surface area (Å²) in [7, 11) is -6.29. The second kappa shape index (κ2) is 10.7. The third kappa shape index (κ3) is 6.53. The van der Waals surface area contributed by atoms with Crippen molar-refractivity contribution in [2.75, 3.05) is 38.7 Å². The Balaban J connectivity index is 1.45. The smallest absolute Gasteiger partial charge is 0.211 e. The zero-order valence-corrected chi connectivity index (χ0v) is 22.7. The van der Waals surface area contributed by atoms with E-state index >= 15 is 0 Å². The van der Waals surface area contributed by atoms with Crippen molar-refractivity contribution >= 4 is 19.9 Å². The van der Waals surface area contributed by atoms with E-state index in [1.807, 2.05) is 12.1 Å². The van der Waals surface area contributed by atoms with Crippen LogP contribution in [-0.2, 0) is 32.7 Å². The van der Waals surface area contributed by atoms with Crippen molar-refractivity contribution in [3.63, 3.8) is 0 Å². The van der Waals surface area contributed by atoms with Crippen LogP contribution in [0, 0.1) is 5.92 Å². The van der Waals surface area contributed by atoms with Crippen LogP contribution in [0.3, 0.4) is 0 Å². The summed E-state index contributed by atoms with van der Waals surface area (Å²) in [6, 6.07) is 14.3. The number of piperidine rings is 1. The molecule has 1 unspecified atom stereocenters. The number of hydrogen-bond donors (Lipinski definition) is 0. The maximum absolute atomic E-state index is 11.9. The first kappa shape index (κ1) is 26.3. The van der Waals surface area contributed by atoms with Crippen molar-refractivity contribution in [3.05, 3.63) is 53.6 Å². The van der Waals surface area contributed by atoms with Crippen LogP contribution in [0.25, 0.3) is 11.1 Å². The molecule has 192 valence electrons. The van der Waals surface area contributed by atoms with Crippen molar-refractivity contribution in [2.24, 2.45) is 5.92 Å². The SMILES string of the molecule is CCCN(CC1CCN(S(C)(=O)=O)CC1)C1CCc2ccc(-c3ccc(S(C)(=O)=O)cc3)cc2C1. The van der Waals surface area contributed by atoms with Gasteiger partial charge >= 0.3 is 0 Å². The molecule has 6 nitrogen and oxygen atoms in total. The fourth-order valence-electron chi connectivity index (χ4n) is 5.59. The minimum Gasteiger partial charge on any atom is -0.300 e. The monoisotopic (exact) mass is 518 g/mol. The van der Waals surface area contributed by atoms with Crippen LogP contribution in [0.5, 0.6) is 0 Å². The molecule has 4 rings (SSSR count). The minimum absolute atomic E-state index is 0.344. The lowest BCUT2D eigenvalue weighted by Gasteiger charge is -2.39. The molecule has 1 saturated heterocycles. The highest BCUT2D eigenvalue weighted by Gasteiger charge is 2.29. The topological polar surface area (TPSA) is 74.8 Å². The summed E-state index contributed by atoms with van der Waals surface area (Å²) in [6.45, 7) is 5.61. The summed E-state index contributed by atoms with van der Waals surface area (Å²) < 4.78 is 48.9. The van der Waals surface area contributed by atoms with Gasteiger partial charge in [-0.15, -0.1) is 0 Å². The van der Waals surface area contributed by atoms with Gasteiger partial charge in [-0.3, -0.25) is 4.90 Å².